The Morgan fingerprint density at radius 1 is 0.903 bits per heavy atom. The molecule has 7 heteroatoms. The minimum atomic E-state index is -0.970. The van der Waals surface area contributed by atoms with Crippen LogP contribution in [0.25, 0.3) is 22.2 Å². The molecule has 0 saturated heterocycles. The molecule has 3 aromatic carbocycles. The summed E-state index contributed by atoms with van der Waals surface area (Å²) in [4.78, 5) is 14.4. The van der Waals surface area contributed by atoms with Crippen LogP contribution in [0, 0.1) is 6.92 Å². The summed E-state index contributed by atoms with van der Waals surface area (Å²) >= 11 is 0. The van der Waals surface area contributed by atoms with Gasteiger partial charge in [0.1, 0.15) is 24.0 Å². The first-order valence-corrected chi connectivity index (χ1v) is 9.51. The number of nitrogens with two attached hydrogens (primary N) is 2. The van der Waals surface area contributed by atoms with E-state index in [4.69, 9.17) is 20.9 Å². The zero-order valence-corrected chi connectivity index (χ0v) is 16.8. The number of nitrogens with one attached hydrogen (secondary N) is 1. The Hall–Kier alpha value is -4.39. The predicted molar refractivity (Wildman–Crippen MR) is 121 cm³/mol. The van der Waals surface area contributed by atoms with Crippen molar-refractivity contribution in [1.29, 1.82) is 0 Å². The summed E-state index contributed by atoms with van der Waals surface area (Å²) < 4.78 is 11.2. The highest BCUT2D eigenvalue weighted by Gasteiger charge is 2.09. The third kappa shape index (κ3) is 4.30. The Morgan fingerprint density at radius 2 is 1.58 bits per heavy atom. The Morgan fingerprint density at radius 3 is 2.29 bits per heavy atom. The van der Waals surface area contributed by atoms with Crippen molar-refractivity contribution in [2.75, 3.05) is 11.5 Å². The quantitative estimate of drug-likeness (QED) is 0.261. The number of aromatic amines is 1. The highest BCUT2D eigenvalue weighted by atomic mass is 16.5. The predicted octanol–water partition coefficient (Wildman–Crippen LogP) is 4.93. The number of benzene rings is 3. The molecular weight excluding hydrogens is 394 g/mol. The first kappa shape index (κ1) is 19.9. The fourth-order valence-corrected chi connectivity index (χ4v) is 3.17. The van der Waals surface area contributed by atoms with Crippen molar-refractivity contribution in [2.24, 2.45) is 0 Å². The molecule has 0 spiro atoms. The van der Waals surface area contributed by atoms with Crippen LogP contribution in [0.2, 0.25) is 0 Å². The first-order chi connectivity index (χ1) is 14.9. The zero-order chi connectivity index (χ0) is 22.0. The maximum Gasteiger partial charge on any atom is 0.335 e. The van der Waals surface area contributed by atoms with E-state index < -0.39 is 5.97 Å². The average molecular weight is 415 g/mol. The van der Waals surface area contributed by atoms with Gasteiger partial charge in [0, 0.05) is 22.2 Å². The van der Waals surface area contributed by atoms with Crippen molar-refractivity contribution in [1.82, 2.24) is 4.98 Å². The van der Waals surface area contributed by atoms with Crippen LogP contribution in [0.4, 0.5) is 11.4 Å². The van der Waals surface area contributed by atoms with Crippen molar-refractivity contribution in [3.05, 3.63) is 84.3 Å². The number of hydrogen-bond acceptors (Lipinski definition) is 5. The van der Waals surface area contributed by atoms with Gasteiger partial charge in [-0.3, -0.25) is 0 Å². The summed E-state index contributed by atoms with van der Waals surface area (Å²) in [6.07, 6.45) is 2.79. The van der Waals surface area contributed by atoms with Gasteiger partial charge in [-0.15, -0.1) is 0 Å². The lowest BCUT2D eigenvalue weighted by Crippen LogP contribution is -1.95. The van der Waals surface area contributed by atoms with E-state index in [1.54, 1.807) is 36.4 Å². The summed E-state index contributed by atoms with van der Waals surface area (Å²) in [6.45, 7) is 1.95. The minimum absolute atomic E-state index is 0.224. The number of nitrogen functional groups attached to an aromatic ring is 2. The molecule has 0 atom stereocenters. The molecular formula is C24H21N3O4. The Balaban J connectivity index is 1.54. The lowest BCUT2D eigenvalue weighted by Gasteiger charge is -2.08. The lowest BCUT2D eigenvalue weighted by molar-refractivity contribution is 0.0697. The van der Waals surface area contributed by atoms with Crippen LogP contribution in [0.5, 0.6) is 11.5 Å². The Kier molecular flexibility index (Phi) is 5.24. The smallest absolute Gasteiger partial charge is 0.335 e. The zero-order valence-electron chi connectivity index (χ0n) is 16.8. The van der Waals surface area contributed by atoms with Gasteiger partial charge in [0.2, 0.25) is 0 Å². The molecule has 0 amide bonds. The molecule has 0 bridgehead atoms. The van der Waals surface area contributed by atoms with E-state index >= 15 is 0 Å². The van der Waals surface area contributed by atoms with Crippen molar-refractivity contribution in [3.8, 4) is 22.8 Å². The normalized spacial score (nSPS) is 11.1. The molecule has 156 valence electrons. The molecule has 0 aliphatic heterocycles. The van der Waals surface area contributed by atoms with E-state index in [1.165, 1.54) is 12.5 Å². The van der Waals surface area contributed by atoms with Crippen LogP contribution < -0.4 is 20.9 Å². The fourth-order valence-electron chi connectivity index (χ4n) is 3.17. The topological polar surface area (TPSA) is 124 Å². The van der Waals surface area contributed by atoms with Gasteiger partial charge in [-0.05, 0) is 55.0 Å². The highest BCUT2D eigenvalue weighted by molar-refractivity contribution is 5.95. The SMILES string of the molecule is Cc1ccc(N)c(OC=COc2cc(-c3cc4ccc(C(=O)O)cc4[nH]3)ccc2N)c1. The van der Waals surface area contributed by atoms with Gasteiger partial charge in [-0.25, -0.2) is 4.79 Å². The molecule has 0 fully saturated rings. The largest absolute Gasteiger partial charge is 0.478 e. The molecule has 4 rings (SSSR count). The molecule has 1 heterocycles. The molecule has 7 nitrogen and oxygen atoms in total. The van der Waals surface area contributed by atoms with E-state index in [-0.39, 0.29) is 5.56 Å². The first-order valence-electron chi connectivity index (χ1n) is 9.51. The summed E-state index contributed by atoms with van der Waals surface area (Å²) in [5.74, 6) is 0.0301. The summed E-state index contributed by atoms with van der Waals surface area (Å²) in [6, 6.07) is 17.8. The van der Waals surface area contributed by atoms with Gasteiger partial charge in [0.05, 0.1) is 16.9 Å². The maximum atomic E-state index is 11.2. The van der Waals surface area contributed by atoms with Crippen LogP contribution in [0.3, 0.4) is 0 Å². The number of fused-ring (bicyclic) bond motifs is 1. The Bertz CT molecular complexity index is 1310. The molecule has 31 heavy (non-hydrogen) atoms. The molecule has 0 aliphatic rings. The monoisotopic (exact) mass is 415 g/mol. The van der Waals surface area contributed by atoms with Gasteiger partial charge in [-0.1, -0.05) is 18.2 Å². The standard InChI is InChI=1S/C24H21N3O4/c1-14-2-6-18(25)22(10-14)30-8-9-31-23-13-16(5-7-19(23)26)20-11-15-3-4-17(24(28)29)12-21(15)27-20/h2-13,27H,25-26H2,1H3,(H,28,29). The number of aromatic nitrogens is 1. The van der Waals surface area contributed by atoms with Crippen molar-refractivity contribution in [2.45, 2.75) is 6.92 Å². The third-order valence-electron chi connectivity index (χ3n) is 4.81. The molecule has 0 saturated carbocycles. The molecule has 1 aromatic heterocycles. The van der Waals surface area contributed by atoms with Crippen LogP contribution in [-0.4, -0.2) is 16.1 Å². The number of hydrogen-bond donors (Lipinski definition) is 4. The maximum absolute atomic E-state index is 11.2. The number of anilines is 2. The highest BCUT2D eigenvalue weighted by Crippen LogP contribution is 2.31. The van der Waals surface area contributed by atoms with Crippen LogP contribution >= 0.6 is 0 Å². The van der Waals surface area contributed by atoms with Crippen LogP contribution in [0.15, 0.2) is 73.2 Å². The van der Waals surface area contributed by atoms with Crippen LogP contribution in [0.1, 0.15) is 15.9 Å². The van der Waals surface area contributed by atoms with E-state index in [2.05, 4.69) is 4.98 Å². The number of H-pyrrole nitrogens is 1. The molecule has 6 N–H and O–H groups in total. The summed E-state index contributed by atoms with van der Waals surface area (Å²) in [7, 11) is 0. The van der Waals surface area contributed by atoms with Crippen LogP contribution in [-0.2, 0) is 0 Å². The molecule has 0 radical (unpaired) electrons. The van der Waals surface area contributed by atoms with E-state index in [0.29, 0.717) is 22.9 Å². The summed E-state index contributed by atoms with van der Waals surface area (Å²) in [5.41, 5.74) is 16.6. The van der Waals surface area contributed by atoms with E-state index in [0.717, 1.165) is 27.7 Å². The molecule has 4 aromatic rings. The second-order valence-corrected chi connectivity index (χ2v) is 7.09. The van der Waals surface area contributed by atoms with E-state index in [1.807, 2.05) is 31.2 Å². The van der Waals surface area contributed by atoms with Crippen molar-refractivity contribution >= 4 is 28.2 Å². The third-order valence-corrected chi connectivity index (χ3v) is 4.81. The van der Waals surface area contributed by atoms with Gasteiger partial charge < -0.3 is 31.0 Å². The number of carboxylic acid groups (broad SMARTS) is 1. The van der Waals surface area contributed by atoms with Gasteiger partial charge in [-0.2, -0.15) is 0 Å². The Labute approximate surface area is 178 Å². The fraction of sp³-hybridized carbons (Fsp3) is 0.0417. The number of rotatable bonds is 6. The molecule has 0 unspecified atom stereocenters. The summed E-state index contributed by atoms with van der Waals surface area (Å²) in [5, 5.41) is 10.1. The number of aromatic carboxylic acids is 1. The van der Waals surface area contributed by atoms with Crippen molar-refractivity contribution < 1.29 is 19.4 Å². The molecule has 0 aliphatic carbocycles. The van der Waals surface area contributed by atoms with Crippen molar-refractivity contribution in [3.63, 3.8) is 0 Å². The average Bonchev–Trinajstić information content (AvgIpc) is 3.18. The number of ether oxygens (including phenoxy) is 2. The number of carbonyl (C=O) groups is 1. The van der Waals surface area contributed by atoms with Gasteiger partial charge in [0.15, 0.2) is 0 Å². The second-order valence-electron chi connectivity index (χ2n) is 7.09. The number of aryl methyl sites for hydroxylation is 1. The van der Waals surface area contributed by atoms with Gasteiger partial charge >= 0.3 is 5.97 Å². The lowest BCUT2D eigenvalue weighted by atomic mass is 10.1. The minimum Gasteiger partial charge on any atom is -0.478 e. The van der Waals surface area contributed by atoms with Gasteiger partial charge in [0.25, 0.3) is 0 Å². The second kappa shape index (κ2) is 8.16. The number of carboxylic acids is 1. The van der Waals surface area contributed by atoms with E-state index in [9.17, 15) is 9.90 Å².